The number of esters is 1. The third-order valence-electron chi connectivity index (χ3n) is 8.01. The molecule has 4 rings (SSSR count). The Morgan fingerprint density at radius 2 is 1.58 bits per heavy atom. The van der Waals surface area contributed by atoms with Gasteiger partial charge in [0.1, 0.15) is 12.0 Å². The Morgan fingerprint density at radius 1 is 1.00 bits per heavy atom. The zero-order chi connectivity index (χ0) is 27.7. The Labute approximate surface area is 228 Å². The summed E-state index contributed by atoms with van der Waals surface area (Å²) in [6.07, 6.45) is 4.26. The van der Waals surface area contributed by atoms with Gasteiger partial charge in [0.2, 0.25) is 5.91 Å². The molecule has 2 fully saturated rings. The lowest BCUT2D eigenvalue weighted by molar-refractivity contribution is -0.155. The van der Waals surface area contributed by atoms with Crippen molar-refractivity contribution >= 4 is 17.6 Å². The van der Waals surface area contributed by atoms with E-state index >= 15 is 0 Å². The molecule has 0 aromatic heterocycles. The van der Waals surface area contributed by atoms with Crippen molar-refractivity contribution in [2.24, 2.45) is 0 Å². The minimum absolute atomic E-state index is 0.00367. The molecule has 2 aromatic carbocycles. The van der Waals surface area contributed by atoms with Gasteiger partial charge in [-0.25, -0.2) is 0 Å². The number of hydrogen-bond donors (Lipinski definition) is 2. The molecule has 2 saturated heterocycles. The van der Waals surface area contributed by atoms with E-state index in [4.69, 9.17) is 4.74 Å². The van der Waals surface area contributed by atoms with Gasteiger partial charge in [0, 0.05) is 17.8 Å². The molecule has 38 heavy (non-hydrogen) atoms. The molecule has 2 unspecified atom stereocenters. The number of aliphatic hydroxyl groups excluding tert-OH is 1. The van der Waals surface area contributed by atoms with Crippen LogP contribution in [0.2, 0.25) is 0 Å². The smallest absolute Gasteiger partial charge is 0.316 e. The van der Waals surface area contributed by atoms with Gasteiger partial charge in [-0.3, -0.25) is 14.5 Å². The van der Waals surface area contributed by atoms with Crippen molar-refractivity contribution in [2.45, 2.75) is 77.5 Å². The van der Waals surface area contributed by atoms with E-state index in [-0.39, 0.29) is 24.6 Å². The first-order chi connectivity index (χ1) is 18.3. The van der Waals surface area contributed by atoms with E-state index in [1.165, 1.54) is 12.8 Å². The highest BCUT2D eigenvalue weighted by molar-refractivity contribution is 5.93. The van der Waals surface area contributed by atoms with Crippen molar-refractivity contribution in [1.82, 2.24) is 9.80 Å². The van der Waals surface area contributed by atoms with Crippen molar-refractivity contribution in [3.63, 3.8) is 0 Å². The lowest BCUT2D eigenvalue weighted by Crippen LogP contribution is -2.43. The Morgan fingerprint density at radius 3 is 2.11 bits per heavy atom. The average Bonchev–Trinajstić information content (AvgIpc) is 3.11. The summed E-state index contributed by atoms with van der Waals surface area (Å²) in [6, 6.07) is 16.5. The lowest BCUT2D eigenvalue weighted by atomic mass is 9.98. The first kappa shape index (κ1) is 29.8. The number of piperidine rings is 1. The first-order valence-electron chi connectivity index (χ1n) is 13.9. The molecule has 2 bridgehead atoms. The number of anilines is 1. The van der Waals surface area contributed by atoms with E-state index in [0.29, 0.717) is 18.6 Å². The van der Waals surface area contributed by atoms with Crippen LogP contribution in [-0.4, -0.2) is 78.3 Å². The van der Waals surface area contributed by atoms with Crippen molar-refractivity contribution in [3.8, 4) is 0 Å². The number of fused-ring (bicyclic) bond motifs is 2. The average molecular weight is 524 g/mol. The molecular formula is C31H45N3O4. The van der Waals surface area contributed by atoms with Gasteiger partial charge in [-0.2, -0.15) is 0 Å². The predicted octanol–water partition coefficient (Wildman–Crippen LogP) is 4.51. The second-order valence-corrected chi connectivity index (χ2v) is 10.5. The number of aliphatic hydroxyl groups is 1. The largest absolute Gasteiger partial charge is 0.462 e. The van der Waals surface area contributed by atoms with Crippen LogP contribution >= 0.6 is 0 Å². The zero-order valence-electron chi connectivity index (χ0n) is 23.7. The van der Waals surface area contributed by atoms with E-state index in [0.717, 1.165) is 48.3 Å². The van der Waals surface area contributed by atoms with Crippen molar-refractivity contribution < 1.29 is 19.4 Å². The summed E-state index contributed by atoms with van der Waals surface area (Å²) in [5, 5.41) is 12.5. The molecule has 1 amide bonds. The molecule has 208 valence electrons. The normalized spacial score (nSPS) is 21.4. The maximum atomic E-state index is 12.4. The molecular weight excluding hydrogens is 478 g/mol. The molecule has 0 radical (unpaired) electrons. The van der Waals surface area contributed by atoms with E-state index in [1.54, 1.807) is 0 Å². The summed E-state index contributed by atoms with van der Waals surface area (Å²) in [5.41, 5.74) is 3.99. The molecule has 2 heterocycles. The van der Waals surface area contributed by atoms with Crippen LogP contribution in [0.4, 0.5) is 5.69 Å². The van der Waals surface area contributed by atoms with Gasteiger partial charge in [-0.1, -0.05) is 62.4 Å². The Bertz CT molecular complexity index is 1010. The van der Waals surface area contributed by atoms with Gasteiger partial charge in [-0.15, -0.1) is 0 Å². The molecule has 2 aromatic rings. The number of carbonyl (C=O) groups is 2. The fraction of sp³-hybridized carbons (Fsp3) is 0.548. The van der Waals surface area contributed by atoms with Crippen LogP contribution in [0.25, 0.3) is 0 Å². The molecule has 0 spiro atoms. The number of nitrogens with zero attached hydrogens (tertiary/aromatic N) is 2. The van der Waals surface area contributed by atoms with Crippen LogP contribution in [0.15, 0.2) is 48.5 Å². The quantitative estimate of drug-likeness (QED) is 0.471. The van der Waals surface area contributed by atoms with Gasteiger partial charge in [-0.05, 0) is 76.4 Å². The van der Waals surface area contributed by atoms with Gasteiger partial charge in [0.25, 0.3) is 0 Å². The van der Waals surface area contributed by atoms with E-state index < -0.39 is 5.92 Å². The number of benzene rings is 2. The Hall–Kier alpha value is -2.74. The fourth-order valence-electron chi connectivity index (χ4n) is 5.55. The Kier molecular flexibility index (Phi) is 11.3. The van der Waals surface area contributed by atoms with Crippen molar-refractivity contribution in [3.05, 3.63) is 65.2 Å². The van der Waals surface area contributed by atoms with Crippen LogP contribution in [0.3, 0.4) is 0 Å². The zero-order valence-corrected chi connectivity index (χ0v) is 23.7. The Balaban J connectivity index is 0.000000216. The van der Waals surface area contributed by atoms with Crippen LogP contribution in [-0.2, 0) is 14.3 Å². The molecule has 2 aliphatic rings. The number of ether oxygens (including phenoxy) is 1. The number of likely N-dealkylation sites (N-methyl/N-ethyl adjacent to an activating group) is 1. The first-order valence-corrected chi connectivity index (χ1v) is 13.9. The molecule has 7 nitrogen and oxygen atoms in total. The molecule has 0 saturated carbocycles. The molecule has 0 aliphatic carbocycles. The van der Waals surface area contributed by atoms with Gasteiger partial charge >= 0.3 is 5.97 Å². The maximum Gasteiger partial charge on any atom is 0.316 e. The summed E-state index contributed by atoms with van der Waals surface area (Å²) < 4.78 is 5.70. The summed E-state index contributed by atoms with van der Waals surface area (Å²) in [5.74, 6) is -0.799. The summed E-state index contributed by atoms with van der Waals surface area (Å²) in [6.45, 7) is 10.2. The van der Waals surface area contributed by atoms with Gasteiger partial charge in [0.05, 0.1) is 13.2 Å². The van der Waals surface area contributed by atoms with Gasteiger partial charge < -0.3 is 20.1 Å². The van der Waals surface area contributed by atoms with Crippen LogP contribution in [0.5, 0.6) is 0 Å². The van der Waals surface area contributed by atoms with Gasteiger partial charge in [0.15, 0.2) is 0 Å². The molecule has 4 atom stereocenters. The summed E-state index contributed by atoms with van der Waals surface area (Å²) in [4.78, 5) is 28.8. The highest BCUT2D eigenvalue weighted by atomic mass is 16.5. The van der Waals surface area contributed by atoms with Crippen LogP contribution in [0, 0.1) is 13.8 Å². The summed E-state index contributed by atoms with van der Waals surface area (Å²) >= 11 is 0. The standard InChI is InChI=1S/C17H23NO3.C14H22N2O/c1-18-13-7-8-14(18)10-15(9-13)21-17(20)16(11-19)12-5-3-2-4-6-12;1-5-16(6-2)10-13(17)15-14-11(3)8-7-9-12(14)4/h2-6,13-16,19H,7-11H2,1H3;7-9H,5-6,10H2,1-4H3,(H,15,17)/t13-,14+,15?,16?;. The fourth-order valence-corrected chi connectivity index (χ4v) is 5.55. The number of aryl methyl sites for hydroxylation is 2. The number of rotatable bonds is 9. The van der Waals surface area contributed by atoms with Crippen molar-refractivity contribution in [1.29, 1.82) is 0 Å². The third-order valence-corrected chi connectivity index (χ3v) is 8.01. The highest BCUT2D eigenvalue weighted by Crippen LogP contribution is 2.36. The minimum atomic E-state index is -0.566. The number of hydrogen-bond acceptors (Lipinski definition) is 6. The SMILES string of the molecule is CCN(CC)CC(=O)Nc1c(C)cccc1C.CN1[C@@H]2CC[C@H]1CC(OC(=O)C(CO)c1ccccc1)C2. The van der Waals surface area contributed by atoms with Crippen molar-refractivity contribution in [2.75, 3.05) is 38.6 Å². The molecule has 2 N–H and O–H groups in total. The second kappa shape index (κ2) is 14.4. The monoisotopic (exact) mass is 523 g/mol. The summed E-state index contributed by atoms with van der Waals surface area (Å²) in [7, 11) is 2.17. The van der Waals surface area contributed by atoms with E-state index in [9.17, 15) is 14.7 Å². The van der Waals surface area contributed by atoms with Crippen LogP contribution in [0.1, 0.15) is 62.1 Å². The molecule has 7 heteroatoms. The number of para-hydroxylation sites is 1. The van der Waals surface area contributed by atoms with E-state index in [2.05, 4.69) is 36.0 Å². The lowest BCUT2D eigenvalue weighted by Gasteiger charge is -2.36. The highest BCUT2D eigenvalue weighted by Gasteiger charge is 2.40. The number of amides is 1. The topological polar surface area (TPSA) is 82.1 Å². The molecule has 2 aliphatic heterocycles. The number of nitrogens with one attached hydrogen (secondary N) is 1. The number of carbonyl (C=O) groups excluding carboxylic acids is 2. The third kappa shape index (κ3) is 7.88. The second-order valence-electron chi connectivity index (χ2n) is 10.5. The minimum Gasteiger partial charge on any atom is -0.462 e. The van der Waals surface area contributed by atoms with E-state index in [1.807, 2.05) is 62.4 Å². The van der Waals surface area contributed by atoms with Crippen LogP contribution < -0.4 is 5.32 Å². The predicted molar refractivity (Wildman–Crippen MR) is 152 cm³/mol. The maximum absolute atomic E-state index is 12.4.